The molecule has 4 fully saturated rings. The lowest BCUT2D eigenvalue weighted by atomic mass is 9.90. The summed E-state index contributed by atoms with van der Waals surface area (Å²) in [7, 11) is 0. The van der Waals surface area contributed by atoms with Crippen molar-refractivity contribution in [3.05, 3.63) is 0 Å². The summed E-state index contributed by atoms with van der Waals surface area (Å²) in [6.45, 7) is 4.71. The SMILES string of the molecule is O=C(C1CC1)N1CC2CN3CCCCC3C2C1. The lowest BCUT2D eigenvalue weighted by Crippen LogP contribution is -2.41. The fourth-order valence-corrected chi connectivity index (χ4v) is 4.32. The molecule has 94 valence electrons. The van der Waals surface area contributed by atoms with E-state index in [1.165, 1.54) is 32.4 Å². The molecule has 3 heteroatoms. The van der Waals surface area contributed by atoms with Crippen LogP contribution < -0.4 is 0 Å². The lowest BCUT2D eigenvalue weighted by Gasteiger charge is -2.33. The second-order valence-corrected chi connectivity index (χ2v) is 6.50. The molecule has 0 spiro atoms. The van der Waals surface area contributed by atoms with Crippen molar-refractivity contribution in [3.8, 4) is 0 Å². The van der Waals surface area contributed by atoms with E-state index in [0.717, 1.165) is 43.8 Å². The van der Waals surface area contributed by atoms with Crippen LogP contribution in [0.3, 0.4) is 0 Å². The van der Waals surface area contributed by atoms with Gasteiger partial charge in [0.1, 0.15) is 0 Å². The van der Waals surface area contributed by atoms with Gasteiger partial charge in [0.25, 0.3) is 0 Å². The number of carbonyl (C=O) groups is 1. The summed E-state index contributed by atoms with van der Waals surface area (Å²) < 4.78 is 0. The molecule has 3 heterocycles. The van der Waals surface area contributed by atoms with Gasteiger partial charge in [0.15, 0.2) is 0 Å². The summed E-state index contributed by atoms with van der Waals surface area (Å²) in [5.74, 6) is 2.48. The highest BCUT2D eigenvalue weighted by molar-refractivity contribution is 5.81. The van der Waals surface area contributed by atoms with Gasteiger partial charge >= 0.3 is 0 Å². The van der Waals surface area contributed by atoms with Gasteiger partial charge in [-0.1, -0.05) is 6.42 Å². The predicted octanol–water partition coefficient (Wildman–Crippen LogP) is 1.34. The molecule has 3 nitrogen and oxygen atoms in total. The van der Waals surface area contributed by atoms with Crippen molar-refractivity contribution in [2.24, 2.45) is 17.8 Å². The van der Waals surface area contributed by atoms with Crippen LogP contribution in [0.1, 0.15) is 32.1 Å². The van der Waals surface area contributed by atoms with Crippen LogP contribution in [0.5, 0.6) is 0 Å². The van der Waals surface area contributed by atoms with Crippen LogP contribution in [0, 0.1) is 17.8 Å². The second kappa shape index (κ2) is 3.71. The summed E-state index contributed by atoms with van der Waals surface area (Å²) in [6, 6.07) is 0.811. The van der Waals surface area contributed by atoms with Gasteiger partial charge in [-0.3, -0.25) is 9.69 Å². The first-order valence-electron chi connectivity index (χ1n) is 7.36. The fourth-order valence-electron chi connectivity index (χ4n) is 4.32. The van der Waals surface area contributed by atoms with Crippen LogP contribution in [0.2, 0.25) is 0 Å². The van der Waals surface area contributed by atoms with E-state index < -0.39 is 0 Å². The first-order valence-corrected chi connectivity index (χ1v) is 7.36. The van der Waals surface area contributed by atoms with E-state index in [2.05, 4.69) is 9.80 Å². The van der Waals surface area contributed by atoms with E-state index in [0.29, 0.717) is 11.8 Å². The molecule has 0 aromatic carbocycles. The Bertz CT molecular complexity index is 339. The average Bonchev–Trinajstić information content (AvgIpc) is 3.01. The van der Waals surface area contributed by atoms with Crippen LogP contribution in [0.15, 0.2) is 0 Å². The topological polar surface area (TPSA) is 23.6 Å². The van der Waals surface area contributed by atoms with Crippen molar-refractivity contribution in [2.75, 3.05) is 26.2 Å². The Labute approximate surface area is 103 Å². The number of carbonyl (C=O) groups excluding carboxylic acids is 1. The van der Waals surface area contributed by atoms with Crippen molar-refractivity contribution < 1.29 is 4.79 Å². The van der Waals surface area contributed by atoms with Crippen LogP contribution in [0.4, 0.5) is 0 Å². The first kappa shape index (κ1) is 10.4. The maximum absolute atomic E-state index is 12.1. The number of likely N-dealkylation sites (tertiary alicyclic amines) is 1. The molecule has 4 aliphatic rings. The second-order valence-electron chi connectivity index (χ2n) is 6.50. The standard InChI is InChI=1S/C14H22N2O/c17-14(10-4-5-10)16-8-11-7-15-6-2-1-3-13(15)12(11)9-16/h10-13H,1-9H2. The molecule has 4 rings (SSSR count). The summed E-state index contributed by atoms with van der Waals surface area (Å²) in [6.07, 6.45) is 6.48. The average molecular weight is 234 g/mol. The van der Waals surface area contributed by atoms with Crippen molar-refractivity contribution in [1.82, 2.24) is 9.80 Å². The molecule has 1 aliphatic carbocycles. The van der Waals surface area contributed by atoms with Gasteiger partial charge in [-0.25, -0.2) is 0 Å². The third-order valence-corrected chi connectivity index (χ3v) is 5.36. The van der Waals surface area contributed by atoms with E-state index in [4.69, 9.17) is 0 Å². The van der Waals surface area contributed by atoms with Gasteiger partial charge < -0.3 is 4.90 Å². The molecule has 0 aromatic rings. The highest BCUT2D eigenvalue weighted by atomic mass is 16.2. The van der Waals surface area contributed by atoms with Crippen molar-refractivity contribution >= 4 is 5.91 Å². The van der Waals surface area contributed by atoms with Crippen LogP contribution in [-0.4, -0.2) is 47.9 Å². The highest BCUT2D eigenvalue weighted by Gasteiger charge is 2.49. The van der Waals surface area contributed by atoms with Crippen LogP contribution >= 0.6 is 0 Å². The van der Waals surface area contributed by atoms with Gasteiger partial charge in [-0.15, -0.1) is 0 Å². The van der Waals surface area contributed by atoms with E-state index in [9.17, 15) is 4.79 Å². The number of fused-ring (bicyclic) bond motifs is 3. The van der Waals surface area contributed by atoms with Crippen molar-refractivity contribution in [3.63, 3.8) is 0 Å². The number of rotatable bonds is 1. The van der Waals surface area contributed by atoms with Crippen LogP contribution in [0.25, 0.3) is 0 Å². The molecule has 3 saturated heterocycles. The number of piperidine rings is 1. The third kappa shape index (κ3) is 1.62. The normalized spacial score (nSPS) is 41.4. The van der Waals surface area contributed by atoms with E-state index in [-0.39, 0.29) is 0 Å². The molecule has 0 aromatic heterocycles. The predicted molar refractivity (Wildman–Crippen MR) is 65.5 cm³/mol. The Morgan fingerprint density at radius 3 is 2.71 bits per heavy atom. The Balaban J connectivity index is 1.46. The van der Waals surface area contributed by atoms with Gasteiger partial charge in [0.05, 0.1) is 0 Å². The molecule has 0 bridgehead atoms. The van der Waals surface area contributed by atoms with Gasteiger partial charge in [0, 0.05) is 31.6 Å². The molecule has 1 saturated carbocycles. The molecule has 3 atom stereocenters. The molecular formula is C14H22N2O. The molecule has 17 heavy (non-hydrogen) atoms. The smallest absolute Gasteiger partial charge is 0.225 e. The third-order valence-electron chi connectivity index (χ3n) is 5.36. The minimum Gasteiger partial charge on any atom is -0.342 e. The van der Waals surface area contributed by atoms with Gasteiger partial charge in [-0.2, -0.15) is 0 Å². The summed E-state index contributed by atoms with van der Waals surface area (Å²) >= 11 is 0. The van der Waals surface area contributed by atoms with Crippen molar-refractivity contribution in [2.45, 2.75) is 38.1 Å². The Morgan fingerprint density at radius 1 is 1.00 bits per heavy atom. The monoisotopic (exact) mass is 234 g/mol. The van der Waals surface area contributed by atoms with Crippen LogP contribution in [-0.2, 0) is 4.79 Å². The molecule has 0 radical (unpaired) electrons. The molecule has 3 aliphatic heterocycles. The van der Waals surface area contributed by atoms with Gasteiger partial charge in [0.2, 0.25) is 5.91 Å². The zero-order valence-electron chi connectivity index (χ0n) is 10.5. The Kier molecular flexibility index (Phi) is 2.26. The van der Waals surface area contributed by atoms with E-state index in [1.54, 1.807) is 0 Å². The minimum atomic E-state index is 0.413. The Morgan fingerprint density at radius 2 is 1.88 bits per heavy atom. The molecule has 0 N–H and O–H groups in total. The van der Waals surface area contributed by atoms with E-state index in [1.807, 2.05) is 0 Å². The molecular weight excluding hydrogens is 212 g/mol. The zero-order valence-corrected chi connectivity index (χ0v) is 10.5. The largest absolute Gasteiger partial charge is 0.342 e. The first-order chi connectivity index (χ1) is 8.33. The maximum Gasteiger partial charge on any atom is 0.225 e. The lowest BCUT2D eigenvalue weighted by molar-refractivity contribution is -0.132. The number of hydrogen-bond donors (Lipinski definition) is 0. The quantitative estimate of drug-likeness (QED) is 0.683. The van der Waals surface area contributed by atoms with Crippen molar-refractivity contribution in [1.29, 1.82) is 0 Å². The Hall–Kier alpha value is -0.570. The summed E-state index contributed by atoms with van der Waals surface area (Å²) in [5, 5.41) is 0. The number of hydrogen-bond acceptors (Lipinski definition) is 2. The fraction of sp³-hybridized carbons (Fsp3) is 0.929. The maximum atomic E-state index is 12.1. The van der Waals surface area contributed by atoms with E-state index >= 15 is 0 Å². The van der Waals surface area contributed by atoms with Gasteiger partial charge in [-0.05, 0) is 44.1 Å². The number of nitrogens with zero attached hydrogens (tertiary/aromatic N) is 2. The molecule has 1 amide bonds. The number of amides is 1. The zero-order chi connectivity index (χ0) is 11.4. The highest BCUT2D eigenvalue weighted by Crippen LogP contribution is 2.42. The summed E-state index contributed by atoms with van der Waals surface area (Å²) in [5.41, 5.74) is 0. The molecule has 3 unspecified atom stereocenters. The summed E-state index contributed by atoms with van der Waals surface area (Å²) in [4.78, 5) is 17.0. The minimum absolute atomic E-state index is 0.413.